The van der Waals surface area contributed by atoms with E-state index in [1.165, 1.54) is 0 Å². The van der Waals surface area contributed by atoms with Gasteiger partial charge in [-0.15, -0.1) is 12.3 Å². The van der Waals surface area contributed by atoms with E-state index >= 15 is 0 Å². The van der Waals surface area contributed by atoms with Crippen LogP contribution in [-0.2, 0) is 16.1 Å². The quantitative estimate of drug-likeness (QED) is 0.809. The van der Waals surface area contributed by atoms with Gasteiger partial charge in [0.1, 0.15) is 12.1 Å². The van der Waals surface area contributed by atoms with Crippen LogP contribution in [0.2, 0.25) is 0 Å². The van der Waals surface area contributed by atoms with Crippen molar-refractivity contribution in [2.45, 2.75) is 25.0 Å². The van der Waals surface area contributed by atoms with Gasteiger partial charge in [-0.05, 0) is 12.0 Å². The lowest BCUT2D eigenvalue weighted by Crippen LogP contribution is -2.53. The minimum atomic E-state index is -1.04. The molecule has 0 unspecified atom stereocenters. The Morgan fingerprint density at radius 1 is 1.45 bits per heavy atom. The molecule has 1 heterocycles. The Morgan fingerprint density at radius 2 is 2.20 bits per heavy atom. The lowest BCUT2D eigenvalue weighted by atomic mass is 9.94. The Hall–Kier alpha value is -2.48. The van der Waals surface area contributed by atoms with E-state index in [1.807, 2.05) is 30.3 Å². The minimum absolute atomic E-state index is 0.152. The second kappa shape index (κ2) is 6.11. The molecule has 2 rings (SSSR count). The molecule has 0 bridgehead atoms. The van der Waals surface area contributed by atoms with Gasteiger partial charge in [-0.1, -0.05) is 30.3 Å². The van der Waals surface area contributed by atoms with Crippen LogP contribution >= 0.6 is 0 Å². The van der Waals surface area contributed by atoms with Crippen LogP contribution in [0, 0.1) is 12.3 Å². The molecule has 20 heavy (non-hydrogen) atoms. The Kier molecular flexibility index (Phi) is 4.26. The fourth-order valence-electron chi connectivity index (χ4n) is 2.13. The molecule has 2 N–H and O–H groups in total. The maximum absolute atomic E-state index is 11.8. The molecular formula is C15H16N2O3. The lowest BCUT2D eigenvalue weighted by Gasteiger charge is -2.24. The summed E-state index contributed by atoms with van der Waals surface area (Å²) in [5.41, 5.74) is -0.160. The monoisotopic (exact) mass is 272 g/mol. The van der Waals surface area contributed by atoms with Gasteiger partial charge in [0.15, 0.2) is 0 Å². The Morgan fingerprint density at radius 3 is 2.80 bits per heavy atom. The summed E-state index contributed by atoms with van der Waals surface area (Å²) in [6, 6.07) is 9.32. The minimum Gasteiger partial charge on any atom is -0.445 e. The predicted octanol–water partition coefficient (Wildman–Crippen LogP) is 1.19. The highest BCUT2D eigenvalue weighted by Gasteiger charge is 2.43. The van der Waals surface area contributed by atoms with E-state index in [9.17, 15) is 9.59 Å². The van der Waals surface area contributed by atoms with Crippen LogP contribution < -0.4 is 10.6 Å². The SMILES string of the molecule is C#CC[C@]1(NC(=O)OCc2ccccc2)CCNC1=O. The average Bonchev–Trinajstić information content (AvgIpc) is 2.79. The van der Waals surface area contributed by atoms with Gasteiger partial charge in [0.05, 0.1) is 0 Å². The molecule has 2 amide bonds. The topological polar surface area (TPSA) is 67.4 Å². The number of terminal acetylenes is 1. The van der Waals surface area contributed by atoms with Crippen molar-refractivity contribution in [3.8, 4) is 12.3 Å². The first-order chi connectivity index (χ1) is 9.66. The Bertz CT molecular complexity index is 536. The molecule has 1 aliphatic heterocycles. The predicted molar refractivity (Wildman–Crippen MR) is 73.6 cm³/mol. The van der Waals surface area contributed by atoms with Gasteiger partial charge in [0, 0.05) is 13.0 Å². The number of ether oxygens (including phenoxy) is 1. The summed E-state index contributed by atoms with van der Waals surface area (Å²) in [6.07, 6.45) is 5.26. The Balaban J connectivity index is 1.93. The molecule has 104 valence electrons. The number of benzene rings is 1. The van der Waals surface area contributed by atoms with Gasteiger partial charge in [-0.3, -0.25) is 4.79 Å². The van der Waals surface area contributed by atoms with Gasteiger partial charge in [-0.2, -0.15) is 0 Å². The van der Waals surface area contributed by atoms with Crippen molar-refractivity contribution >= 4 is 12.0 Å². The maximum atomic E-state index is 11.8. The fraction of sp³-hybridized carbons (Fsp3) is 0.333. The van der Waals surface area contributed by atoms with Gasteiger partial charge < -0.3 is 15.4 Å². The van der Waals surface area contributed by atoms with Crippen LogP contribution in [0.25, 0.3) is 0 Å². The van der Waals surface area contributed by atoms with E-state index in [1.54, 1.807) is 0 Å². The number of nitrogens with one attached hydrogen (secondary N) is 2. The van der Waals surface area contributed by atoms with Crippen molar-refractivity contribution in [2.24, 2.45) is 0 Å². The van der Waals surface area contributed by atoms with Crippen LogP contribution in [0.15, 0.2) is 30.3 Å². The molecule has 0 spiro atoms. The molecule has 1 aromatic carbocycles. The highest BCUT2D eigenvalue weighted by Crippen LogP contribution is 2.20. The number of carbonyl (C=O) groups excluding carboxylic acids is 2. The molecule has 1 aromatic rings. The molecule has 1 aliphatic rings. The van der Waals surface area contributed by atoms with Crippen LogP contribution in [0.4, 0.5) is 4.79 Å². The van der Waals surface area contributed by atoms with Crippen molar-refractivity contribution in [1.29, 1.82) is 0 Å². The summed E-state index contributed by atoms with van der Waals surface area (Å²) in [5.74, 6) is 2.17. The molecule has 0 aromatic heterocycles. The van der Waals surface area contributed by atoms with Gasteiger partial charge in [0.25, 0.3) is 0 Å². The summed E-state index contributed by atoms with van der Waals surface area (Å²) < 4.78 is 5.11. The second-order valence-corrected chi connectivity index (χ2v) is 4.66. The van der Waals surface area contributed by atoms with Gasteiger partial charge in [-0.25, -0.2) is 4.79 Å². The van der Waals surface area contributed by atoms with Crippen LogP contribution in [0.3, 0.4) is 0 Å². The van der Waals surface area contributed by atoms with E-state index in [0.29, 0.717) is 13.0 Å². The first-order valence-electron chi connectivity index (χ1n) is 6.37. The third-order valence-electron chi connectivity index (χ3n) is 3.23. The van der Waals surface area contributed by atoms with E-state index in [4.69, 9.17) is 11.2 Å². The highest BCUT2D eigenvalue weighted by atomic mass is 16.5. The molecule has 5 heteroatoms. The number of amides is 2. The van der Waals surface area contributed by atoms with Gasteiger partial charge >= 0.3 is 6.09 Å². The molecule has 0 radical (unpaired) electrons. The molecule has 1 atom stereocenters. The standard InChI is InChI=1S/C15H16N2O3/c1-2-8-15(9-10-16-13(15)18)17-14(19)20-11-12-6-4-3-5-7-12/h1,3-7H,8-11H2,(H,16,18)(H,17,19)/t15-/m0/s1. The Labute approximate surface area is 117 Å². The molecule has 5 nitrogen and oxygen atoms in total. The van der Waals surface area contributed by atoms with Crippen LogP contribution in [0.5, 0.6) is 0 Å². The van der Waals surface area contributed by atoms with Crippen LogP contribution in [-0.4, -0.2) is 24.1 Å². The molecular weight excluding hydrogens is 256 g/mol. The van der Waals surface area contributed by atoms with E-state index < -0.39 is 11.6 Å². The number of alkyl carbamates (subject to hydrolysis) is 1. The molecule has 1 fully saturated rings. The van der Waals surface area contributed by atoms with Crippen LogP contribution in [0.1, 0.15) is 18.4 Å². The average molecular weight is 272 g/mol. The number of carbonyl (C=O) groups is 2. The third kappa shape index (κ3) is 3.09. The lowest BCUT2D eigenvalue weighted by molar-refractivity contribution is -0.124. The molecule has 0 saturated carbocycles. The summed E-state index contributed by atoms with van der Waals surface area (Å²) in [4.78, 5) is 23.6. The summed E-state index contributed by atoms with van der Waals surface area (Å²) in [6.45, 7) is 0.653. The number of hydrogen-bond acceptors (Lipinski definition) is 3. The van der Waals surface area contributed by atoms with Crippen molar-refractivity contribution in [3.63, 3.8) is 0 Å². The maximum Gasteiger partial charge on any atom is 0.408 e. The zero-order valence-corrected chi connectivity index (χ0v) is 11.0. The molecule has 0 aliphatic carbocycles. The molecule has 1 saturated heterocycles. The van der Waals surface area contributed by atoms with Crippen molar-refractivity contribution in [2.75, 3.05) is 6.54 Å². The number of rotatable bonds is 4. The van der Waals surface area contributed by atoms with Crippen molar-refractivity contribution in [3.05, 3.63) is 35.9 Å². The normalized spacial score (nSPS) is 20.9. The first-order valence-corrected chi connectivity index (χ1v) is 6.37. The number of hydrogen-bond donors (Lipinski definition) is 2. The van der Waals surface area contributed by atoms with E-state index in [2.05, 4.69) is 16.6 Å². The largest absolute Gasteiger partial charge is 0.445 e. The second-order valence-electron chi connectivity index (χ2n) is 4.66. The van der Waals surface area contributed by atoms with Crippen molar-refractivity contribution < 1.29 is 14.3 Å². The van der Waals surface area contributed by atoms with E-state index in [-0.39, 0.29) is 18.9 Å². The smallest absolute Gasteiger partial charge is 0.408 e. The summed E-state index contributed by atoms with van der Waals surface area (Å²) in [5, 5.41) is 5.27. The van der Waals surface area contributed by atoms with Crippen molar-refractivity contribution in [1.82, 2.24) is 10.6 Å². The highest BCUT2D eigenvalue weighted by molar-refractivity contribution is 5.92. The zero-order chi connectivity index (χ0) is 14.4. The van der Waals surface area contributed by atoms with E-state index in [0.717, 1.165) is 5.56 Å². The fourth-order valence-corrected chi connectivity index (χ4v) is 2.13. The summed E-state index contributed by atoms with van der Waals surface area (Å²) >= 11 is 0. The first kappa shape index (κ1) is 13.9. The van der Waals surface area contributed by atoms with Gasteiger partial charge in [0.2, 0.25) is 5.91 Å². The summed E-state index contributed by atoms with van der Waals surface area (Å²) in [7, 11) is 0. The zero-order valence-electron chi connectivity index (χ0n) is 11.0. The third-order valence-corrected chi connectivity index (χ3v) is 3.23.